The van der Waals surface area contributed by atoms with E-state index >= 15 is 0 Å². The highest BCUT2D eigenvalue weighted by Crippen LogP contribution is 2.20. The van der Waals surface area contributed by atoms with Gasteiger partial charge in [0.1, 0.15) is 6.04 Å². The highest BCUT2D eigenvalue weighted by molar-refractivity contribution is 7.87. The molecule has 0 saturated carbocycles. The van der Waals surface area contributed by atoms with E-state index in [0.717, 1.165) is 10.7 Å². The Morgan fingerprint density at radius 3 is 2.74 bits per heavy atom. The lowest BCUT2D eigenvalue weighted by molar-refractivity contribution is -0.142. The van der Waals surface area contributed by atoms with Gasteiger partial charge >= 0.3 is 5.97 Å². The van der Waals surface area contributed by atoms with Crippen molar-refractivity contribution >= 4 is 16.2 Å². The number of nitrogens with one attached hydrogen (secondary N) is 1. The monoisotopic (exact) mass is 294 g/mol. The number of carbonyl (C=O) groups is 1. The Bertz CT molecular complexity index is 398. The van der Waals surface area contributed by atoms with Crippen molar-refractivity contribution in [2.75, 3.05) is 13.2 Å². The highest BCUT2D eigenvalue weighted by atomic mass is 32.2. The van der Waals surface area contributed by atoms with E-state index in [1.807, 2.05) is 0 Å². The van der Waals surface area contributed by atoms with E-state index in [1.165, 1.54) is 0 Å². The molecule has 0 aromatic heterocycles. The Balaban J connectivity index is 2.71. The van der Waals surface area contributed by atoms with E-state index in [2.05, 4.69) is 4.72 Å². The molecule has 1 heterocycles. The van der Waals surface area contributed by atoms with Crippen LogP contribution in [0, 0.1) is 0 Å². The van der Waals surface area contributed by atoms with Gasteiger partial charge in [0.05, 0.1) is 0 Å². The summed E-state index contributed by atoms with van der Waals surface area (Å²) in [5.74, 6) is -1.10. The molecule has 1 aliphatic rings. The molecule has 0 radical (unpaired) electrons. The normalized spacial score (nSPS) is 23.2. The van der Waals surface area contributed by atoms with Crippen LogP contribution in [0.2, 0.25) is 0 Å². The number of rotatable bonds is 7. The van der Waals surface area contributed by atoms with Crippen molar-refractivity contribution in [1.29, 1.82) is 0 Å². The molecule has 7 nitrogen and oxygen atoms in total. The van der Waals surface area contributed by atoms with Crippen LogP contribution in [0.1, 0.15) is 39.0 Å². The van der Waals surface area contributed by atoms with E-state index in [0.29, 0.717) is 25.7 Å². The van der Waals surface area contributed by atoms with Crippen LogP contribution in [-0.2, 0) is 15.0 Å². The average Bonchev–Trinajstić information content (AvgIpc) is 2.35. The Morgan fingerprint density at radius 2 is 2.16 bits per heavy atom. The van der Waals surface area contributed by atoms with Crippen LogP contribution in [0.25, 0.3) is 0 Å². The molecule has 8 heteroatoms. The summed E-state index contributed by atoms with van der Waals surface area (Å²) in [4.78, 5) is 11.1. The third-order valence-corrected chi connectivity index (χ3v) is 4.95. The van der Waals surface area contributed by atoms with E-state index in [4.69, 9.17) is 10.2 Å². The highest BCUT2D eigenvalue weighted by Gasteiger charge is 2.37. The summed E-state index contributed by atoms with van der Waals surface area (Å²) in [6.45, 7) is 1.94. The fraction of sp³-hybridized carbons (Fsp3) is 0.909. The number of hydrogen-bond acceptors (Lipinski definition) is 4. The molecule has 3 N–H and O–H groups in total. The number of aliphatic carboxylic acids is 1. The van der Waals surface area contributed by atoms with Gasteiger partial charge in [0.15, 0.2) is 0 Å². The number of aliphatic hydroxyl groups is 1. The first kappa shape index (κ1) is 16.4. The van der Waals surface area contributed by atoms with Crippen molar-refractivity contribution < 1.29 is 23.4 Å². The first-order valence-electron chi connectivity index (χ1n) is 6.51. The Kier molecular flexibility index (Phi) is 6.18. The summed E-state index contributed by atoms with van der Waals surface area (Å²) in [5.41, 5.74) is 0. The van der Waals surface area contributed by atoms with Crippen LogP contribution in [0.5, 0.6) is 0 Å². The summed E-state index contributed by atoms with van der Waals surface area (Å²) in [6, 6.07) is -1.30. The zero-order valence-corrected chi connectivity index (χ0v) is 11.9. The van der Waals surface area contributed by atoms with Crippen LogP contribution < -0.4 is 4.72 Å². The van der Waals surface area contributed by atoms with Gasteiger partial charge in [0.2, 0.25) is 0 Å². The number of carboxylic acid groups (broad SMARTS) is 1. The van der Waals surface area contributed by atoms with Gasteiger partial charge in [0.25, 0.3) is 10.2 Å². The van der Waals surface area contributed by atoms with Crippen LogP contribution in [0.4, 0.5) is 0 Å². The van der Waals surface area contributed by atoms with Crippen molar-refractivity contribution in [3.63, 3.8) is 0 Å². The molecule has 112 valence electrons. The molecular formula is C11H22N2O5S. The van der Waals surface area contributed by atoms with Gasteiger partial charge in [-0.05, 0) is 39.0 Å². The first-order valence-corrected chi connectivity index (χ1v) is 7.95. The van der Waals surface area contributed by atoms with Crippen molar-refractivity contribution in [2.45, 2.75) is 51.1 Å². The fourth-order valence-electron chi connectivity index (χ4n) is 2.22. The van der Waals surface area contributed by atoms with Crippen molar-refractivity contribution in [3.05, 3.63) is 0 Å². The van der Waals surface area contributed by atoms with E-state index in [-0.39, 0.29) is 19.2 Å². The lowest BCUT2D eigenvalue weighted by Gasteiger charge is -2.32. The summed E-state index contributed by atoms with van der Waals surface area (Å²) in [7, 11) is -3.79. The zero-order chi connectivity index (χ0) is 14.5. The van der Waals surface area contributed by atoms with Gasteiger partial charge < -0.3 is 10.2 Å². The smallest absolute Gasteiger partial charge is 0.322 e. The van der Waals surface area contributed by atoms with Crippen LogP contribution in [0.15, 0.2) is 0 Å². The van der Waals surface area contributed by atoms with Crippen LogP contribution in [0.3, 0.4) is 0 Å². The second kappa shape index (κ2) is 7.18. The van der Waals surface area contributed by atoms with Gasteiger partial charge in [-0.1, -0.05) is 0 Å². The molecular weight excluding hydrogens is 272 g/mol. The Hall–Kier alpha value is -0.700. The van der Waals surface area contributed by atoms with Gasteiger partial charge in [-0.2, -0.15) is 17.4 Å². The lowest BCUT2D eigenvalue weighted by Crippen LogP contribution is -2.53. The minimum absolute atomic E-state index is 0.00747. The van der Waals surface area contributed by atoms with Gasteiger partial charge in [-0.25, -0.2) is 0 Å². The van der Waals surface area contributed by atoms with E-state index < -0.39 is 22.2 Å². The quantitative estimate of drug-likeness (QED) is 0.609. The minimum Gasteiger partial charge on any atom is -0.480 e. The second-order valence-corrected chi connectivity index (χ2v) is 6.51. The number of piperidine rings is 1. The van der Waals surface area contributed by atoms with E-state index in [1.54, 1.807) is 6.92 Å². The topological polar surface area (TPSA) is 107 Å². The van der Waals surface area contributed by atoms with Gasteiger partial charge in [-0.3, -0.25) is 4.79 Å². The first-order chi connectivity index (χ1) is 8.88. The van der Waals surface area contributed by atoms with Crippen LogP contribution >= 0.6 is 0 Å². The maximum Gasteiger partial charge on any atom is 0.322 e. The molecule has 0 spiro atoms. The predicted molar refractivity (Wildman–Crippen MR) is 69.8 cm³/mol. The molecule has 0 bridgehead atoms. The SMILES string of the molecule is CC(CCCO)NS(=O)(=O)N1CCCCC1C(=O)O. The Labute approximate surface area is 113 Å². The van der Waals surface area contributed by atoms with Gasteiger partial charge in [0, 0.05) is 19.2 Å². The van der Waals surface area contributed by atoms with Gasteiger partial charge in [-0.15, -0.1) is 0 Å². The zero-order valence-electron chi connectivity index (χ0n) is 11.1. The predicted octanol–water partition coefficient (Wildman–Crippen LogP) is -0.0791. The Morgan fingerprint density at radius 1 is 1.47 bits per heavy atom. The molecule has 2 atom stereocenters. The van der Waals surface area contributed by atoms with E-state index in [9.17, 15) is 13.2 Å². The average molecular weight is 294 g/mol. The molecule has 0 aliphatic carbocycles. The number of carboxylic acids is 1. The number of hydrogen-bond donors (Lipinski definition) is 3. The third-order valence-electron chi connectivity index (χ3n) is 3.19. The number of nitrogens with zero attached hydrogens (tertiary/aromatic N) is 1. The third kappa shape index (κ3) is 4.72. The molecule has 2 unspecified atom stereocenters. The summed E-state index contributed by atoms with van der Waals surface area (Å²) < 4.78 is 27.8. The molecule has 19 heavy (non-hydrogen) atoms. The molecule has 0 amide bonds. The lowest BCUT2D eigenvalue weighted by atomic mass is 10.1. The maximum absolute atomic E-state index is 12.2. The van der Waals surface area contributed by atoms with Crippen molar-refractivity contribution in [3.8, 4) is 0 Å². The minimum atomic E-state index is -3.79. The largest absolute Gasteiger partial charge is 0.480 e. The van der Waals surface area contributed by atoms with Crippen molar-refractivity contribution in [1.82, 2.24) is 9.03 Å². The van der Waals surface area contributed by atoms with Crippen molar-refractivity contribution in [2.24, 2.45) is 0 Å². The fourth-order valence-corrected chi connectivity index (χ4v) is 3.88. The second-order valence-electron chi connectivity index (χ2n) is 4.85. The molecule has 1 aliphatic heterocycles. The summed E-state index contributed by atoms with van der Waals surface area (Å²) in [5, 5.41) is 17.8. The molecule has 0 aromatic rings. The molecule has 0 aromatic carbocycles. The number of aliphatic hydroxyl groups excluding tert-OH is 1. The maximum atomic E-state index is 12.2. The summed E-state index contributed by atoms with van der Waals surface area (Å²) >= 11 is 0. The molecule has 1 saturated heterocycles. The summed E-state index contributed by atoms with van der Waals surface area (Å²) in [6.07, 6.45) is 2.77. The molecule has 1 fully saturated rings. The van der Waals surface area contributed by atoms with Crippen LogP contribution in [-0.4, -0.2) is 54.1 Å². The standard InChI is InChI=1S/C11H22N2O5S/c1-9(5-4-8-14)12-19(17,18)13-7-3-2-6-10(13)11(15)16/h9-10,12,14H,2-8H2,1H3,(H,15,16). The molecule has 1 rings (SSSR count).